The van der Waals surface area contributed by atoms with Crippen LogP contribution in [0.3, 0.4) is 0 Å². The van der Waals surface area contributed by atoms with E-state index in [9.17, 15) is 0 Å². The second-order valence-corrected chi connectivity index (χ2v) is 3.14. The Morgan fingerprint density at radius 1 is 1.40 bits per heavy atom. The van der Waals surface area contributed by atoms with Gasteiger partial charge in [0.1, 0.15) is 0 Å². The fraction of sp³-hybridized carbons (Fsp3) is 0.556. The van der Waals surface area contributed by atoms with Crippen LogP contribution in [-0.4, -0.2) is 6.04 Å². The topological polar surface area (TPSA) is 26.0 Å². The lowest BCUT2D eigenvalue weighted by Gasteiger charge is -2.11. The van der Waals surface area contributed by atoms with Gasteiger partial charge in [-0.15, -0.1) is 0 Å². The highest BCUT2D eigenvalue weighted by Crippen LogP contribution is 2.32. The van der Waals surface area contributed by atoms with Crippen molar-refractivity contribution in [2.24, 2.45) is 5.73 Å². The third kappa shape index (κ3) is 0.816. The molecule has 10 heavy (non-hydrogen) atoms. The van der Waals surface area contributed by atoms with Gasteiger partial charge in [-0.25, -0.2) is 0 Å². The monoisotopic (exact) mass is 135 g/mol. The van der Waals surface area contributed by atoms with E-state index in [2.05, 4.69) is 12.2 Å². The molecule has 2 rings (SSSR count). The largest absolute Gasteiger partial charge is 0.324 e. The number of hydrogen-bond acceptors (Lipinski definition) is 1. The predicted octanol–water partition coefficient (Wildman–Crippen LogP) is 1.75. The van der Waals surface area contributed by atoms with Crippen molar-refractivity contribution in [1.82, 2.24) is 0 Å². The standard InChI is InChI=1S/C9H13N/c10-9-6-5-7-3-1-2-4-8(7)9/h1,3,9H,2,4-6,10H2/t9-/m1/s1. The summed E-state index contributed by atoms with van der Waals surface area (Å²) in [6.45, 7) is 0. The highest BCUT2D eigenvalue weighted by Gasteiger charge is 2.21. The van der Waals surface area contributed by atoms with Crippen LogP contribution in [0.15, 0.2) is 23.3 Å². The highest BCUT2D eigenvalue weighted by atomic mass is 14.6. The Morgan fingerprint density at radius 2 is 2.30 bits per heavy atom. The molecule has 2 aliphatic carbocycles. The molecule has 0 amide bonds. The van der Waals surface area contributed by atoms with Gasteiger partial charge in [0.15, 0.2) is 0 Å². The Balaban J connectivity index is 2.29. The lowest BCUT2D eigenvalue weighted by Crippen LogP contribution is -2.19. The zero-order valence-electron chi connectivity index (χ0n) is 6.14. The Labute approximate surface area is 61.6 Å². The molecule has 0 saturated carbocycles. The molecular weight excluding hydrogens is 122 g/mol. The zero-order valence-corrected chi connectivity index (χ0v) is 6.14. The number of rotatable bonds is 0. The Morgan fingerprint density at radius 3 is 3.10 bits per heavy atom. The van der Waals surface area contributed by atoms with Crippen LogP contribution >= 0.6 is 0 Å². The molecule has 0 heterocycles. The van der Waals surface area contributed by atoms with Crippen molar-refractivity contribution in [2.75, 3.05) is 0 Å². The third-order valence-electron chi connectivity index (χ3n) is 2.48. The minimum absolute atomic E-state index is 0.389. The quantitative estimate of drug-likeness (QED) is 0.538. The molecule has 0 saturated heterocycles. The van der Waals surface area contributed by atoms with Gasteiger partial charge in [0.05, 0.1) is 0 Å². The molecule has 1 nitrogen and oxygen atoms in total. The molecule has 2 N–H and O–H groups in total. The molecule has 0 spiro atoms. The predicted molar refractivity (Wildman–Crippen MR) is 42.6 cm³/mol. The van der Waals surface area contributed by atoms with Crippen LogP contribution < -0.4 is 5.73 Å². The first-order valence-electron chi connectivity index (χ1n) is 4.02. The summed E-state index contributed by atoms with van der Waals surface area (Å²) >= 11 is 0. The van der Waals surface area contributed by atoms with Gasteiger partial charge in [-0.2, -0.15) is 0 Å². The van der Waals surface area contributed by atoms with Crippen molar-refractivity contribution in [2.45, 2.75) is 31.7 Å². The minimum Gasteiger partial charge on any atom is -0.324 e. The number of hydrogen-bond donors (Lipinski definition) is 1. The van der Waals surface area contributed by atoms with E-state index in [1.165, 1.54) is 36.8 Å². The second-order valence-electron chi connectivity index (χ2n) is 3.14. The van der Waals surface area contributed by atoms with Crippen LogP contribution in [0.5, 0.6) is 0 Å². The van der Waals surface area contributed by atoms with Gasteiger partial charge >= 0.3 is 0 Å². The summed E-state index contributed by atoms with van der Waals surface area (Å²) in [7, 11) is 0. The van der Waals surface area contributed by atoms with Gasteiger partial charge in [-0.3, -0.25) is 0 Å². The van der Waals surface area contributed by atoms with Crippen molar-refractivity contribution in [3.05, 3.63) is 23.3 Å². The van der Waals surface area contributed by atoms with Gasteiger partial charge in [0.25, 0.3) is 0 Å². The summed E-state index contributed by atoms with van der Waals surface area (Å²) < 4.78 is 0. The van der Waals surface area contributed by atoms with Gasteiger partial charge in [0.2, 0.25) is 0 Å². The molecule has 54 valence electrons. The molecule has 0 bridgehead atoms. The van der Waals surface area contributed by atoms with Gasteiger partial charge in [-0.05, 0) is 31.3 Å². The Hall–Kier alpha value is -0.560. The number of nitrogens with two attached hydrogens (primary N) is 1. The molecule has 0 aromatic rings. The van der Waals surface area contributed by atoms with E-state index in [4.69, 9.17) is 5.73 Å². The molecule has 0 aromatic heterocycles. The van der Waals surface area contributed by atoms with Gasteiger partial charge < -0.3 is 5.73 Å². The normalized spacial score (nSPS) is 31.1. The molecule has 0 fully saturated rings. The Kier molecular flexibility index (Phi) is 1.38. The molecule has 0 aromatic carbocycles. The second kappa shape index (κ2) is 2.24. The molecule has 0 unspecified atom stereocenters. The highest BCUT2D eigenvalue weighted by molar-refractivity contribution is 5.36. The van der Waals surface area contributed by atoms with E-state index in [0.29, 0.717) is 6.04 Å². The van der Waals surface area contributed by atoms with Crippen molar-refractivity contribution in [3.63, 3.8) is 0 Å². The van der Waals surface area contributed by atoms with Crippen molar-refractivity contribution < 1.29 is 0 Å². The van der Waals surface area contributed by atoms with E-state index >= 15 is 0 Å². The maximum Gasteiger partial charge on any atom is 0.0262 e. The van der Waals surface area contributed by atoms with Crippen molar-refractivity contribution in [3.8, 4) is 0 Å². The summed E-state index contributed by atoms with van der Waals surface area (Å²) in [6.07, 6.45) is 9.32. The molecular formula is C9H13N. The van der Waals surface area contributed by atoms with Crippen LogP contribution in [0, 0.1) is 0 Å². The first-order chi connectivity index (χ1) is 4.88. The average Bonchev–Trinajstić information content (AvgIpc) is 2.34. The SMILES string of the molecule is N[C@@H]1CCC2=C1CCC=C2. The maximum atomic E-state index is 5.90. The average molecular weight is 135 g/mol. The molecule has 0 aliphatic heterocycles. The van der Waals surface area contributed by atoms with Gasteiger partial charge in [0, 0.05) is 6.04 Å². The van der Waals surface area contributed by atoms with Crippen molar-refractivity contribution in [1.29, 1.82) is 0 Å². The summed E-state index contributed by atoms with van der Waals surface area (Å²) in [4.78, 5) is 0. The molecule has 1 atom stereocenters. The van der Waals surface area contributed by atoms with E-state index in [1.54, 1.807) is 0 Å². The van der Waals surface area contributed by atoms with Crippen LogP contribution in [0.1, 0.15) is 25.7 Å². The summed E-state index contributed by atoms with van der Waals surface area (Å²) in [6, 6.07) is 0.389. The maximum absolute atomic E-state index is 5.90. The summed E-state index contributed by atoms with van der Waals surface area (Å²) in [5.41, 5.74) is 8.95. The van der Waals surface area contributed by atoms with Crippen LogP contribution in [0.25, 0.3) is 0 Å². The molecule has 2 aliphatic rings. The van der Waals surface area contributed by atoms with Crippen molar-refractivity contribution >= 4 is 0 Å². The first kappa shape index (κ1) is 6.17. The first-order valence-corrected chi connectivity index (χ1v) is 4.02. The lowest BCUT2D eigenvalue weighted by molar-refractivity contribution is 0.722. The Bertz CT molecular complexity index is 201. The van der Waals surface area contributed by atoms with E-state index < -0.39 is 0 Å². The van der Waals surface area contributed by atoms with E-state index in [-0.39, 0.29) is 0 Å². The number of allylic oxidation sites excluding steroid dienone is 3. The minimum atomic E-state index is 0.389. The molecule has 1 heteroatoms. The van der Waals surface area contributed by atoms with E-state index in [1.807, 2.05) is 0 Å². The smallest absolute Gasteiger partial charge is 0.0262 e. The van der Waals surface area contributed by atoms with E-state index in [0.717, 1.165) is 0 Å². The molecule has 0 radical (unpaired) electrons. The van der Waals surface area contributed by atoms with Crippen LogP contribution in [-0.2, 0) is 0 Å². The zero-order chi connectivity index (χ0) is 6.97. The van der Waals surface area contributed by atoms with Crippen LogP contribution in [0.2, 0.25) is 0 Å². The van der Waals surface area contributed by atoms with Crippen LogP contribution in [0.4, 0.5) is 0 Å². The fourth-order valence-electron chi connectivity index (χ4n) is 1.88. The van der Waals surface area contributed by atoms with Gasteiger partial charge in [-0.1, -0.05) is 17.7 Å². The third-order valence-corrected chi connectivity index (χ3v) is 2.48. The lowest BCUT2D eigenvalue weighted by atomic mass is 9.98. The summed E-state index contributed by atoms with van der Waals surface area (Å²) in [5.74, 6) is 0. The summed E-state index contributed by atoms with van der Waals surface area (Å²) in [5, 5.41) is 0. The fourth-order valence-corrected chi connectivity index (χ4v) is 1.88.